The molecule has 1 aromatic heterocycles. The van der Waals surface area contributed by atoms with Crippen molar-refractivity contribution in [3.8, 4) is 0 Å². The van der Waals surface area contributed by atoms with Gasteiger partial charge in [-0.1, -0.05) is 30.3 Å². The lowest BCUT2D eigenvalue weighted by atomic mass is 9.74. The maximum Gasteiger partial charge on any atom is 0.129 e. The van der Waals surface area contributed by atoms with Crippen LogP contribution in [0.25, 0.3) is 0 Å². The number of aromatic nitrogens is 2. The van der Waals surface area contributed by atoms with Crippen molar-refractivity contribution in [1.29, 1.82) is 0 Å². The first-order chi connectivity index (χ1) is 9.89. The number of benzene rings is 1. The highest BCUT2D eigenvalue weighted by molar-refractivity contribution is 5.35. The Kier molecular flexibility index (Phi) is 3.92. The second kappa shape index (κ2) is 6.01. The molecule has 2 aromatic rings. The lowest BCUT2D eigenvalue weighted by molar-refractivity contribution is 0.0543. The Balaban J connectivity index is 1.80. The molecule has 1 aliphatic heterocycles. The van der Waals surface area contributed by atoms with E-state index in [1.54, 1.807) is 12.5 Å². The highest BCUT2D eigenvalue weighted by Crippen LogP contribution is 2.34. The van der Waals surface area contributed by atoms with Gasteiger partial charge >= 0.3 is 0 Å². The van der Waals surface area contributed by atoms with Crippen molar-refractivity contribution in [2.45, 2.75) is 18.3 Å². The Labute approximate surface area is 119 Å². The molecule has 1 aliphatic rings. The molecule has 0 amide bonds. The number of rotatable bonds is 4. The van der Waals surface area contributed by atoms with E-state index in [0.717, 1.165) is 38.4 Å². The number of hydrogen-bond donors (Lipinski definition) is 1. The van der Waals surface area contributed by atoms with Crippen LogP contribution in [-0.2, 0) is 10.2 Å². The molecule has 0 bridgehead atoms. The summed E-state index contributed by atoms with van der Waals surface area (Å²) in [7, 11) is 0. The minimum atomic E-state index is 0.129. The van der Waals surface area contributed by atoms with Crippen LogP contribution in [0.1, 0.15) is 18.4 Å². The van der Waals surface area contributed by atoms with Crippen molar-refractivity contribution in [2.24, 2.45) is 0 Å². The third kappa shape index (κ3) is 2.80. The van der Waals surface area contributed by atoms with Gasteiger partial charge in [0.1, 0.15) is 12.1 Å². The molecule has 1 fully saturated rings. The molecule has 1 aromatic carbocycles. The fraction of sp³-hybridized carbons (Fsp3) is 0.375. The highest BCUT2D eigenvalue weighted by atomic mass is 16.5. The summed E-state index contributed by atoms with van der Waals surface area (Å²) < 4.78 is 5.54. The highest BCUT2D eigenvalue weighted by Gasteiger charge is 2.34. The largest absolute Gasteiger partial charge is 0.381 e. The van der Waals surface area contributed by atoms with E-state index < -0.39 is 0 Å². The molecular formula is C16H19N3O. The van der Waals surface area contributed by atoms with Crippen molar-refractivity contribution in [2.75, 3.05) is 25.1 Å². The molecule has 4 nitrogen and oxygen atoms in total. The summed E-state index contributed by atoms with van der Waals surface area (Å²) in [4.78, 5) is 8.18. The van der Waals surface area contributed by atoms with Crippen LogP contribution in [0, 0.1) is 0 Å². The molecule has 1 N–H and O–H groups in total. The van der Waals surface area contributed by atoms with E-state index in [0.29, 0.717) is 0 Å². The van der Waals surface area contributed by atoms with Gasteiger partial charge in [0, 0.05) is 31.4 Å². The Bertz CT molecular complexity index is 524. The number of nitrogens with one attached hydrogen (secondary N) is 1. The van der Waals surface area contributed by atoms with Crippen LogP contribution in [0.5, 0.6) is 0 Å². The van der Waals surface area contributed by atoms with Gasteiger partial charge in [0.25, 0.3) is 0 Å². The maximum atomic E-state index is 5.54. The van der Waals surface area contributed by atoms with Gasteiger partial charge in [0.05, 0.1) is 0 Å². The summed E-state index contributed by atoms with van der Waals surface area (Å²) in [6.07, 6.45) is 5.40. The Morgan fingerprint density at radius 3 is 2.60 bits per heavy atom. The SMILES string of the molecule is c1ccc(C2(CNc3ccncn3)CCOCC2)cc1. The molecule has 0 radical (unpaired) electrons. The third-order valence-corrected chi connectivity index (χ3v) is 4.03. The van der Waals surface area contributed by atoms with E-state index in [1.807, 2.05) is 6.07 Å². The summed E-state index contributed by atoms with van der Waals surface area (Å²) in [5, 5.41) is 3.45. The van der Waals surface area contributed by atoms with E-state index in [2.05, 4.69) is 45.6 Å². The first-order valence-electron chi connectivity index (χ1n) is 7.02. The van der Waals surface area contributed by atoms with Crippen molar-refractivity contribution >= 4 is 5.82 Å². The Morgan fingerprint density at radius 1 is 1.10 bits per heavy atom. The molecule has 0 atom stereocenters. The predicted molar refractivity (Wildman–Crippen MR) is 78.7 cm³/mol. The van der Waals surface area contributed by atoms with E-state index in [-0.39, 0.29) is 5.41 Å². The average molecular weight is 269 g/mol. The number of hydrogen-bond acceptors (Lipinski definition) is 4. The Morgan fingerprint density at radius 2 is 1.90 bits per heavy atom. The van der Waals surface area contributed by atoms with Gasteiger partial charge in [0.15, 0.2) is 0 Å². The van der Waals surface area contributed by atoms with Crippen molar-refractivity contribution in [3.05, 3.63) is 54.5 Å². The molecular weight excluding hydrogens is 250 g/mol. The monoisotopic (exact) mass is 269 g/mol. The van der Waals surface area contributed by atoms with Crippen molar-refractivity contribution in [3.63, 3.8) is 0 Å². The topological polar surface area (TPSA) is 47.0 Å². The van der Waals surface area contributed by atoms with Crippen LogP contribution < -0.4 is 5.32 Å². The molecule has 1 saturated heterocycles. The van der Waals surface area contributed by atoms with Crippen LogP contribution in [-0.4, -0.2) is 29.7 Å². The molecule has 0 saturated carbocycles. The summed E-state index contributed by atoms with van der Waals surface area (Å²) >= 11 is 0. The predicted octanol–water partition coefficient (Wildman–Crippen LogP) is 2.64. The van der Waals surface area contributed by atoms with Crippen LogP contribution in [0.4, 0.5) is 5.82 Å². The number of anilines is 1. The molecule has 0 spiro atoms. The lowest BCUT2D eigenvalue weighted by Crippen LogP contribution is -2.40. The average Bonchev–Trinajstić information content (AvgIpc) is 2.56. The van der Waals surface area contributed by atoms with Crippen LogP contribution in [0.2, 0.25) is 0 Å². The van der Waals surface area contributed by atoms with E-state index in [4.69, 9.17) is 4.74 Å². The van der Waals surface area contributed by atoms with Gasteiger partial charge < -0.3 is 10.1 Å². The van der Waals surface area contributed by atoms with Crippen LogP contribution in [0.3, 0.4) is 0 Å². The normalized spacial score (nSPS) is 17.6. The second-order valence-electron chi connectivity index (χ2n) is 5.21. The third-order valence-electron chi connectivity index (χ3n) is 4.03. The van der Waals surface area contributed by atoms with Crippen LogP contribution in [0.15, 0.2) is 48.9 Å². The van der Waals surface area contributed by atoms with Crippen LogP contribution >= 0.6 is 0 Å². The lowest BCUT2D eigenvalue weighted by Gasteiger charge is -2.38. The van der Waals surface area contributed by atoms with Crippen molar-refractivity contribution < 1.29 is 4.74 Å². The van der Waals surface area contributed by atoms with Crippen molar-refractivity contribution in [1.82, 2.24) is 9.97 Å². The molecule has 0 aliphatic carbocycles. The van der Waals surface area contributed by atoms with Gasteiger partial charge in [-0.25, -0.2) is 9.97 Å². The minimum absolute atomic E-state index is 0.129. The summed E-state index contributed by atoms with van der Waals surface area (Å²) in [5.74, 6) is 0.877. The van der Waals surface area contributed by atoms with Gasteiger partial charge in [-0.15, -0.1) is 0 Å². The van der Waals surface area contributed by atoms with Gasteiger partial charge in [-0.3, -0.25) is 0 Å². The Hall–Kier alpha value is -1.94. The van der Waals surface area contributed by atoms with Gasteiger partial charge in [0.2, 0.25) is 0 Å². The zero-order valence-corrected chi connectivity index (χ0v) is 11.5. The first-order valence-corrected chi connectivity index (χ1v) is 7.02. The quantitative estimate of drug-likeness (QED) is 0.927. The molecule has 20 heavy (non-hydrogen) atoms. The molecule has 4 heteroatoms. The van der Waals surface area contributed by atoms with E-state index in [1.165, 1.54) is 5.56 Å². The molecule has 0 unspecified atom stereocenters. The first kappa shape index (κ1) is 13.1. The van der Waals surface area contributed by atoms with E-state index in [9.17, 15) is 0 Å². The molecule has 3 rings (SSSR count). The number of ether oxygens (including phenoxy) is 1. The van der Waals surface area contributed by atoms with E-state index >= 15 is 0 Å². The fourth-order valence-electron chi connectivity index (χ4n) is 2.78. The standard InChI is InChI=1S/C16H19N3O/c1-2-4-14(5-3-1)16(7-10-20-11-8-16)12-18-15-6-9-17-13-19-15/h1-6,9,13H,7-8,10-12H2,(H,17,18,19). The van der Waals surface area contributed by atoms with Gasteiger partial charge in [-0.2, -0.15) is 0 Å². The second-order valence-corrected chi connectivity index (χ2v) is 5.21. The minimum Gasteiger partial charge on any atom is -0.381 e. The van der Waals surface area contributed by atoms with Gasteiger partial charge in [-0.05, 0) is 24.5 Å². The zero-order chi connectivity index (χ0) is 13.7. The molecule has 2 heterocycles. The fourth-order valence-corrected chi connectivity index (χ4v) is 2.78. The summed E-state index contributed by atoms with van der Waals surface area (Å²) in [5.41, 5.74) is 1.51. The smallest absolute Gasteiger partial charge is 0.129 e. The maximum absolute atomic E-state index is 5.54. The number of nitrogens with zero attached hydrogens (tertiary/aromatic N) is 2. The summed E-state index contributed by atoms with van der Waals surface area (Å²) in [6.45, 7) is 2.51. The summed E-state index contributed by atoms with van der Waals surface area (Å²) in [6, 6.07) is 12.6. The zero-order valence-electron chi connectivity index (χ0n) is 11.5. The molecule has 104 valence electrons.